The van der Waals surface area contributed by atoms with Gasteiger partial charge in [-0.2, -0.15) is 0 Å². The topological polar surface area (TPSA) is 26.8 Å². The number of piperazine rings is 1. The van der Waals surface area contributed by atoms with E-state index < -0.39 is 0 Å². The number of carbonyl (C=O) groups excluding carboxylic acids is 1. The van der Waals surface area contributed by atoms with Crippen molar-refractivity contribution in [1.29, 1.82) is 0 Å². The number of hydrogen-bond acceptors (Lipinski definition) is 2. The summed E-state index contributed by atoms with van der Waals surface area (Å²) in [6, 6.07) is 0.898. The highest BCUT2D eigenvalue weighted by molar-refractivity contribution is 5.75. The van der Waals surface area contributed by atoms with Crippen molar-refractivity contribution >= 4 is 6.03 Å². The first kappa shape index (κ1) is 16.1. The van der Waals surface area contributed by atoms with Gasteiger partial charge in [-0.3, -0.25) is 4.90 Å². The third-order valence-electron chi connectivity index (χ3n) is 6.32. The molecule has 0 spiro atoms. The largest absolute Gasteiger partial charge is 0.324 e. The van der Waals surface area contributed by atoms with E-state index in [4.69, 9.17) is 0 Å². The number of amides is 2. The number of hydrogen-bond donors (Lipinski definition) is 0. The number of nitrogens with zero attached hydrogens (tertiary/aromatic N) is 3. The second-order valence-electron chi connectivity index (χ2n) is 8.30. The smallest absolute Gasteiger partial charge is 0.320 e. The van der Waals surface area contributed by atoms with E-state index in [1.54, 1.807) is 0 Å². The standard InChI is InChI=1S/C18H33N3O/c1-13(2)15-9-16-11-21(12-17(16)10-15)18(22)20-7-5-19(6-8-20)14(3)4/h13-17H,5-12H2,1-4H3. The first-order valence-corrected chi connectivity index (χ1v) is 9.23. The first-order chi connectivity index (χ1) is 10.5. The number of carbonyl (C=O) groups is 1. The molecular weight excluding hydrogens is 274 g/mol. The molecule has 2 atom stereocenters. The fourth-order valence-electron chi connectivity index (χ4n) is 4.68. The van der Waals surface area contributed by atoms with Gasteiger partial charge in [0.1, 0.15) is 0 Å². The predicted molar refractivity (Wildman–Crippen MR) is 89.8 cm³/mol. The quantitative estimate of drug-likeness (QED) is 0.784. The average molecular weight is 307 g/mol. The molecule has 1 saturated carbocycles. The molecule has 3 fully saturated rings. The molecule has 2 amide bonds. The lowest BCUT2D eigenvalue weighted by molar-refractivity contribution is 0.101. The molecule has 3 aliphatic rings. The van der Waals surface area contributed by atoms with Crippen LogP contribution in [0.2, 0.25) is 0 Å². The third-order valence-corrected chi connectivity index (χ3v) is 6.32. The molecule has 3 rings (SSSR count). The maximum absolute atomic E-state index is 12.8. The minimum Gasteiger partial charge on any atom is -0.324 e. The van der Waals surface area contributed by atoms with Crippen molar-refractivity contribution in [1.82, 2.24) is 14.7 Å². The molecule has 0 aromatic rings. The number of fused-ring (bicyclic) bond motifs is 1. The van der Waals surface area contributed by atoms with E-state index in [-0.39, 0.29) is 0 Å². The Hall–Kier alpha value is -0.770. The molecule has 2 saturated heterocycles. The van der Waals surface area contributed by atoms with Gasteiger partial charge < -0.3 is 9.80 Å². The predicted octanol–water partition coefficient (Wildman–Crippen LogP) is 2.75. The van der Waals surface area contributed by atoms with Crippen LogP contribution in [0.1, 0.15) is 40.5 Å². The Morgan fingerprint density at radius 2 is 1.41 bits per heavy atom. The maximum Gasteiger partial charge on any atom is 0.320 e. The van der Waals surface area contributed by atoms with Crippen LogP contribution >= 0.6 is 0 Å². The summed E-state index contributed by atoms with van der Waals surface area (Å²) in [7, 11) is 0. The molecule has 22 heavy (non-hydrogen) atoms. The molecule has 1 aliphatic carbocycles. The Labute approximate surface area is 135 Å². The van der Waals surface area contributed by atoms with Crippen molar-refractivity contribution in [2.45, 2.75) is 46.6 Å². The zero-order valence-electron chi connectivity index (χ0n) is 14.8. The Kier molecular flexibility index (Phi) is 4.67. The van der Waals surface area contributed by atoms with E-state index in [9.17, 15) is 4.79 Å². The molecular formula is C18H33N3O. The molecule has 2 unspecified atom stereocenters. The summed E-state index contributed by atoms with van der Waals surface area (Å²) in [5.74, 6) is 3.24. The highest BCUT2D eigenvalue weighted by Gasteiger charge is 2.43. The van der Waals surface area contributed by atoms with Crippen LogP contribution in [0.3, 0.4) is 0 Å². The van der Waals surface area contributed by atoms with E-state index in [0.29, 0.717) is 12.1 Å². The van der Waals surface area contributed by atoms with Crippen molar-refractivity contribution in [3.63, 3.8) is 0 Å². The van der Waals surface area contributed by atoms with Crippen molar-refractivity contribution in [3.8, 4) is 0 Å². The van der Waals surface area contributed by atoms with Crippen molar-refractivity contribution in [3.05, 3.63) is 0 Å². The number of urea groups is 1. The molecule has 2 heterocycles. The second kappa shape index (κ2) is 6.38. The van der Waals surface area contributed by atoms with Crippen LogP contribution in [-0.2, 0) is 0 Å². The second-order valence-corrected chi connectivity index (χ2v) is 8.30. The van der Waals surface area contributed by atoms with Gasteiger partial charge in [-0.15, -0.1) is 0 Å². The van der Waals surface area contributed by atoms with Gasteiger partial charge in [0.2, 0.25) is 0 Å². The zero-order chi connectivity index (χ0) is 15.9. The molecule has 0 radical (unpaired) electrons. The average Bonchev–Trinajstić information content (AvgIpc) is 3.05. The summed E-state index contributed by atoms with van der Waals surface area (Å²) < 4.78 is 0. The summed E-state index contributed by atoms with van der Waals surface area (Å²) in [6.45, 7) is 15.1. The highest BCUT2D eigenvalue weighted by Crippen LogP contribution is 2.44. The van der Waals surface area contributed by atoms with Gasteiger partial charge in [0.15, 0.2) is 0 Å². The van der Waals surface area contributed by atoms with Crippen molar-refractivity contribution < 1.29 is 4.79 Å². The normalized spacial score (nSPS) is 33.1. The van der Waals surface area contributed by atoms with E-state index >= 15 is 0 Å². The van der Waals surface area contributed by atoms with E-state index in [2.05, 4.69) is 42.4 Å². The summed E-state index contributed by atoms with van der Waals surface area (Å²) >= 11 is 0. The fraction of sp³-hybridized carbons (Fsp3) is 0.944. The number of likely N-dealkylation sites (tertiary alicyclic amines) is 1. The van der Waals surface area contributed by atoms with Gasteiger partial charge in [0, 0.05) is 45.3 Å². The third kappa shape index (κ3) is 3.12. The molecule has 0 bridgehead atoms. The van der Waals surface area contributed by atoms with Gasteiger partial charge in [-0.05, 0) is 50.4 Å². The summed E-state index contributed by atoms with van der Waals surface area (Å²) in [6.07, 6.45) is 2.68. The van der Waals surface area contributed by atoms with Crippen LogP contribution in [0, 0.1) is 23.7 Å². The first-order valence-electron chi connectivity index (χ1n) is 9.23. The SMILES string of the molecule is CC(C)C1CC2CN(C(=O)N3CCN(C(C)C)CC3)CC2C1. The summed E-state index contributed by atoms with van der Waals surface area (Å²) in [4.78, 5) is 19.5. The van der Waals surface area contributed by atoms with Gasteiger partial charge in [0.25, 0.3) is 0 Å². The monoisotopic (exact) mass is 307 g/mol. The van der Waals surface area contributed by atoms with Crippen LogP contribution in [-0.4, -0.2) is 66.0 Å². The maximum atomic E-state index is 12.8. The van der Waals surface area contributed by atoms with Crippen LogP contribution in [0.25, 0.3) is 0 Å². The highest BCUT2D eigenvalue weighted by atomic mass is 16.2. The van der Waals surface area contributed by atoms with Gasteiger partial charge in [-0.1, -0.05) is 13.8 Å². The van der Waals surface area contributed by atoms with Gasteiger partial charge in [-0.25, -0.2) is 4.79 Å². The lowest BCUT2D eigenvalue weighted by atomic mass is 9.93. The molecule has 0 N–H and O–H groups in total. The minimum atomic E-state index is 0.305. The van der Waals surface area contributed by atoms with Crippen LogP contribution in [0.15, 0.2) is 0 Å². The van der Waals surface area contributed by atoms with E-state index in [1.165, 1.54) is 12.8 Å². The Balaban J connectivity index is 1.50. The minimum absolute atomic E-state index is 0.305. The molecule has 0 aromatic carbocycles. The van der Waals surface area contributed by atoms with Gasteiger partial charge in [0.05, 0.1) is 0 Å². The van der Waals surface area contributed by atoms with Gasteiger partial charge >= 0.3 is 6.03 Å². The number of rotatable bonds is 2. The van der Waals surface area contributed by atoms with Crippen LogP contribution < -0.4 is 0 Å². The van der Waals surface area contributed by atoms with Crippen molar-refractivity contribution in [2.24, 2.45) is 23.7 Å². The molecule has 126 valence electrons. The summed E-state index contributed by atoms with van der Waals surface area (Å²) in [5, 5.41) is 0. The van der Waals surface area contributed by atoms with E-state index in [0.717, 1.165) is 62.9 Å². The molecule has 4 nitrogen and oxygen atoms in total. The van der Waals surface area contributed by atoms with Crippen molar-refractivity contribution in [2.75, 3.05) is 39.3 Å². The fourth-order valence-corrected chi connectivity index (χ4v) is 4.68. The van der Waals surface area contributed by atoms with Crippen LogP contribution in [0.5, 0.6) is 0 Å². The van der Waals surface area contributed by atoms with Crippen LogP contribution in [0.4, 0.5) is 4.79 Å². The molecule has 4 heteroatoms. The Morgan fingerprint density at radius 1 is 0.864 bits per heavy atom. The Morgan fingerprint density at radius 3 is 1.86 bits per heavy atom. The lowest BCUT2D eigenvalue weighted by Gasteiger charge is -2.38. The molecule has 2 aliphatic heterocycles. The Bertz CT molecular complexity index is 387. The lowest BCUT2D eigenvalue weighted by Crippen LogP contribution is -2.53. The summed E-state index contributed by atoms with van der Waals surface area (Å²) in [5.41, 5.74) is 0. The van der Waals surface area contributed by atoms with E-state index in [1.807, 2.05) is 0 Å². The molecule has 0 aromatic heterocycles. The zero-order valence-corrected chi connectivity index (χ0v) is 14.8.